The summed E-state index contributed by atoms with van der Waals surface area (Å²) in [6, 6.07) is 4.09. The molecule has 0 amide bonds. The van der Waals surface area contributed by atoms with Gasteiger partial charge in [-0.25, -0.2) is 0 Å². The highest BCUT2D eigenvalue weighted by Crippen LogP contribution is 2.41. The molecule has 0 unspecified atom stereocenters. The Balaban J connectivity index is 2.12. The van der Waals surface area contributed by atoms with Gasteiger partial charge in [-0.05, 0) is 43.3 Å². The fourth-order valence-electron chi connectivity index (χ4n) is 2.96. The molecule has 0 aliphatic carbocycles. The minimum atomic E-state index is -0.0475. The van der Waals surface area contributed by atoms with E-state index in [0.717, 1.165) is 46.6 Å². The largest absolute Gasteiger partial charge is 0.493 e. The van der Waals surface area contributed by atoms with E-state index in [4.69, 9.17) is 18.0 Å². The molecule has 1 saturated heterocycles. The van der Waals surface area contributed by atoms with Crippen molar-refractivity contribution >= 4 is 45.7 Å². The maximum atomic E-state index is 10.8. The number of nitrogens with zero attached hydrogens (tertiary/aromatic N) is 4. The van der Waals surface area contributed by atoms with Gasteiger partial charge in [0.25, 0.3) is 0 Å². The number of aromatic hydroxyl groups is 1. The van der Waals surface area contributed by atoms with E-state index in [-0.39, 0.29) is 11.0 Å². The van der Waals surface area contributed by atoms with Gasteiger partial charge < -0.3 is 10.8 Å². The Morgan fingerprint density at radius 2 is 2.04 bits per heavy atom. The van der Waals surface area contributed by atoms with Crippen molar-refractivity contribution in [3.05, 3.63) is 23.3 Å². The number of benzene rings is 1. The van der Waals surface area contributed by atoms with Gasteiger partial charge >= 0.3 is 0 Å². The SMILES string of the molecule is Cc1ccc2c(c1C)c(N=NC(N)=S)c(O)n2CN1CCSCC1. The van der Waals surface area contributed by atoms with E-state index in [1.54, 1.807) is 0 Å². The van der Waals surface area contributed by atoms with Crippen LogP contribution in [-0.2, 0) is 6.67 Å². The summed E-state index contributed by atoms with van der Waals surface area (Å²) in [7, 11) is 0. The average Bonchev–Trinajstić information content (AvgIpc) is 2.83. The molecule has 24 heavy (non-hydrogen) atoms. The third kappa shape index (κ3) is 3.26. The van der Waals surface area contributed by atoms with E-state index < -0.39 is 0 Å². The molecule has 6 nitrogen and oxygen atoms in total. The molecule has 1 aromatic heterocycles. The first-order chi connectivity index (χ1) is 11.5. The maximum absolute atomic E-state index is 10.8. The molecule has 3 N–H and O–H groups in total. The van der Waals surface area contributed by atoms with E-state index in [1.165, 1.54) is 0 Å². The van der Waals surface area contributed by atoms with Gasteiger partial charge in [0, 0.05) is 30.0 Å². The molecule has 1 aliphatic rings. The van der Waals surface area contributed by atoms with Crippen LogP contribution < -0.4 is 5.73 Å². The van der Waals surface area contributed by atoms with Crippen LogP contribution in [0.1, 0.15) is 11.1 Å². The summed E-state index contributed by atoms with van der Waals surface area (Å²) in [6.45, 7) is 6.73. The lowest BCUT2D eigenvalue weighted by Crippen LogP contribution is -2.34. The number of hydrogen-bond donors (Lipinski definition) is 2. The number of thiocarbonyl (C=S) groups is 1. The molecule has 3 rings (SSSR count). The highest BCUT2D eigenvalue weighted by atomic mass is 32.2. The van der Waals surface area contributed by atoms with Crippen molar-refractivity contribution in [2.45, 2.75) is 20.5 Å². The second-order valence-corrected chi connectivity index (χ2v) is 7.55. The minimum absolute atomic E-state index is 0.0475. The third-order valence-corrected chi connectivity index (χ3v) is 5.43. The van der Waals surface area contributed by atoms with Crippen LogP contribution in [0.5, 0.6) is 5.88 Å². The Labute approximate surface area is 150 Å². The van der Waals surface area contributed by atoms with Crippen molar-refractivity contribution in [2.75, 3.05) is 24.6 Å². The van der Waals surface area contributed by atoms with Crippen LogP contribution in [0.2, 0.25) is 0 Å². The van der Waals surface area contributed by atoms with Gasteiger partial charge in [-0.2, -0.15) is 11.8 Å². The molecule has 128 valence electrons. The molecule has 0 saturated carbocycles. The molecule has 8 heteroatoms. The predicted octanol–water partition coefficient (Wildman–Crippen LogP) is 3.30. The summed E-state index contributed by atoms with van der Waals surface area (Å²) in [6.07, 6.45) is 0. The number of hydrogen-bond acceptors (Lipinski definition) is 5. The molecule has 0 radical (unpaired) electrons. The summed E-state index contributed by atoms with van der Waals surface area (Å²) in [5.41, 5.74) is 9.03. The molecule has 0 spiro atoms. The summed E-state index contributed by atoms with van der Waals surface area (Å²) in [4.78, 5) is 2.33. The number of aromatic nitrogens is 1. The fraction of sp³-hybridized carbons (Fsp3) is 0.438. The first-order valence-corrected chi connectivity index (χ1v) is 9.38. The van der Waals surface area contributed by atoms with Gasteiger partial charge in [-0.3, -0.25) is 9.47 Å². The zero-order valence-corrected chi connectivity index (χ0v) is 15.5. The molecule has 2 heterocycles. The zero-order chi connectivity index (χ0) is 17.3. The monoisotopic (exact) mass is 363 g/mol. The van der Waals surface area contributed by atoms with Crippen molar-refractivity contribution in [3.63, 3.8) is 0 Å². The lowest BCUT2D eigenvalue weighted by Gasteiger charge is -2.27. The van der Waals surface area contributed by atoms with Crippen LogP contribution >= 0.6 is 24.0 Å². The molecule has 0 atom stereocenters. The van der Waals surface area contributed by atoms with Crippen LogP contribution in [0.4, 0.5) is 5.69 Å². The Morgan fingerprint density at radius 1 is 1.33 bits per heavy atom. The lowest BCUT2D eigenvalue weighted by atomic mass is 10.1. The second kappa shape index (κ2) is 7.08. The molecule has 0 bridgehead atoms. The third-order valence-electron chi connectivity index (χ3n) is 4.40. The van der Waals surface area contributed by atoms with E-state index in [2.05, 4.69) is 21.2 Å². The topological polar surface area (TPSA) is 79.1 Å². The maximum Gasteiger partial charge on any atom is 0.221 e. The van der Waals surface area contributed by atoms with Crippen molar-refractivity contribution in [2.24, 2.45) is 16.0 Å². The summed E-state index contributed by atoms with van der Waals surface area (Å²) >= 11 is 6.74. The number of nitrogens with two attached hydrogens (primary N) is 1. The zero-order valence-electron chi connectivity index (χ0n) is 13.8. The molecule has 1 aliphatic heterocycles. The van der Waals surface area contributed by atoms with Gasteiger partial charge in [0.15, 0.2) is 5.69 Å². The molecule has 1 fully saturated rings. The molecule has 1 aromatic carbocycles. The predicted molar refractivity (Wildman–Crippen MR) is 103 cm³/mol. The first-order valence-electron chi connectivity index (χ1n) is 7.81. The molecular weight excluding hydrogens is 342 g/mol. The van der Waals surface area contributed by atoms with E-state index in [0.29, 0.717) is 12.4 Å². The number of aryl methyl sites for hydroxylation is 2. The van der Waals surface area contributed by atoms with Crippen molar-refractivity contribution in [1.82, 2.24) is 9.47 Å². The van der Waals surface area contributed by atoms with Gasteiger partial charge in [-0.15, -0.1) is 10.2 Å². The molecular formula is C16H21N5OS2. The second-order valence-electron chi connectivity index (χ2n) is 5.91. The standard InChI is InChI=1S/C16H21N5OS2/c1-10-3-4-12-13(11(10)2)14(18-19-16(17)23)15(22)21(12)9-20-5-7-24-8-6-20/h3-4,22H,5-9H2,1-2H3,(H2,17,23). The Morgan fingerprint density at radius 3 is 2.71 bits per heavy atom. The molecule has 2 aromatic rings. The number of fused-ring (bicyclic) bond motifs is 1. The van der Waals surface area contributed by atoms with Crippen molar-refractivity contribution in [1.29, 1.82) is 0 Å². The van der Waals surface area contributed by atoms with E-state index in [1.807, 2.05) is 36.2 Å². The first kappa shape index (κ1) is 17.2. The Kier molecular flexibility index (Phi) is 5.07. The smallest absolute Gasteiger partial charge is 0.221 e. The minimum Gasteiger partial charge on any atom is -0.493 e. The van der Waals surface area contributed by atoms with Crippen molar-refractivity contribution < 1.29 is 5.11 Å². The van der Waals surface area contributed by atoms with Gasteiger partial charge in [0.05, 0.1) is 12.2 Å². The number of rotatable bonds is 3. The summed E-state index contributed by atoms with van der Waals surface area (Å²) < 4.78 is 1.89. The highest BCUT2D eigenvalue weighted by Gasteiger charge is 2.21. The van der Waals surface area contributed by atoms with Gasteiger partial charge in [0.2, 0.25) is 11.0 Å². The van der Waals surface area contributed by atoms with Crippen molar-refractivity contribution in [3.8, 4) is 5.88 Å². The number of thioether (sulfide) groups is 1. The average molecular weight is 364 g/mol. The van der Waals surface area contributed by atoms with Gasteiger partial charge in [-0.1, -0.05) is 6.07 Å². The number of azo groups is 1. The van der Waals surface area contributed by atoms with Crippen LogP contribution in [0.25, 0.3) is 10.9 Å². The van der Waals surface area contributed by atoms with Crippen LogP contribution in [0, 0.1) is 13.8 Å². The lowest BCUT2D eigenvalue weighted by molar-refractivity contribution is 0.232. The van der Waals surface area contributed by atoms with Gasteiger partial charge in [0.1, 0.15) is 0 Å². The van der Waals surface area contributed by atoms with Crippen LogP contribution in [0.3, 0.4) is 0 Å². The van der Waals surface area contributed by atoms with Crippen LogP contribution in [-0.4, -0.2) is 44.3 Å². The fourth-order valence-corrected chi connectivity index (χ4v) is 3.98. The van der Waals surface area contributed by atoms with E-state index in [9.17, 15) is 5.11 Å². The Hall–Kier alpha value is -1.64. The summed E-state index contributed by atoms with van der Waals surface area (Å²) in [5, 5.41) is 19.5. The highest BCUT2D eigenvalue weighted by molar-refractivity contribution is 7.99. The quantitative estimate of drug-likeness (QED) is 0.646. The summed E-state index contributed by atoms with van der Waals surface area (Å²) in [5.74, 6) is 2.34. The Bertz CT molecular complexity index is 809. The van der Waals surface area contributed by atoms with E-state index >= 15 is 0 Å². The normalized spacial score (nSPS) is 16.2. The van der Waals surface area contributed by atoms with Crippen LogP contribution in [0.15, 0.2) is 22.4 Å².